The second-order valence-corrected chi connectivity index (χ2v) is 11.2. The Bertz CT molecular complexity index is 1710. The molecule has 0 bridgehead atoms. The molecule has 196 valence electrons. The summed E-state index contributed by atoms with van der Waals surface area (Å²) >= 11 is 0. The molecule has 3 aromatic carbocycles. The van der Waals surface area contributed by atoms with Crippen LogP contribution in [0.1, 0.15) is 40.2 Å². The molecule has 11 heteroatoms. The van der Waals surface area contributed by atoms with Crippen molar-refractivity contribution in [2.24, 2.45) is 0 Å². The Kier molecular flexibility index (Phi) is 6.18. The SMILES string of the molecule is CNC(=O)c1c(-c2ccc(F)cc2)oc2cc(N(c3ccc([N+](=O)[O-])c(C)c3)S(C)(=O)=O)c(C3CC3)cc12. The maximum Gasteiger partial charge on any atom is 0.272 e. The van der Waals surface area contributed by atoms with Crippen molar-refractivity contribution in [3.8, 4) is 11.3 Å². The maximum absolute atomic E-state index is 13.6. The highest BCUT2D eigenvalue weighted by Crippen LogP contribution is 2.49. The molecular weight excluding hydrogens is 513 g/mol. The lowest BCUT2D eigenvalue weighted by Gasteiger charge is -2.25. The van der Waals surface area contributed by atoms with Crippen molar-refractivity contribution < 1.29 is 26.9 Å². The molecule has 4 aromatic rings. The Labute approximate surface area is 218 Å². The Balaban J connectivity index is 1.78. The number of aryl methyl sites for hydroxylation is 1. The fourth-order valence-corrected chi connectivity index (χ4v) is 5.69. The van der Waals surface area contributed by atoms with E-state index >= 15 is 0 Å². The smallest absolute Gasteiger partial charge is 0.272 e. The molecule has 1 N–H and O–H groups in total. The van der Waals surface area contributed by atoms with E-state index in [1.807, 2.05) is 0 Å². The van der Waals surface area contributed by atoms with Crippen LogP contribution < -0.4 is 9.62 Å². The van der Waals surface area contributed by atoms with Crippen LogP contribution in [0.15, 0.2) is 59.0 Å². The average molecular weight is 538 g/mol. The normalized spacial score (nSPS) is 13.5. The topological polar surface area (TPSA) is 123 Å². The summed E-state index contributed by atoms with van der Waals surface area (Å²) in [6, 6.07) is 13.0. The molecule has 9 nitrogen and oxygen atoms in total. The third-order valence-corrected chi connectivity index (χ3v) is 7.65. The summed E-state index contributed by atoms with van der Waals surface area (Å²) in [5, 5.41) is 14.4. The lowest BCUT2D eigenvalue weighted by molar-refractivity contribution is -0.385. The van der Waals surface area contributed by atoms with Gasteiger partial charge in [0.05, 0.1) is 28.1 Å². The second-order valence-electron chi connectivity index (χ2n) is 9.33. The summed E-state index contributed by atoms with van der Waals surface area (Å²) < 4.78 is 47.1. The summed E-state index contributed by atoms with van der Waals surface area (Å²) in [7, 11) is -2.40. The van der Waals surface area contributed by atoms with Crippen molar-refractivity contribution in [1.82, 2.24) is 5.32 Å². The first kappa shape index (κ1) is 25.4. The summed E-state index contributed by atoms with van der Waals surface area (Å²) in [6.07, 6.45) is 2.74. The van der Waals surface area contributed by atoms with Gasteiger partial charge in [-0.1, -0.05) is 0 Å². The Hall–Kier alpha value is -4.25. The van der Waals surface area contributed by atoms with Crippen molar-refractivity contribution in [1.29, 1.82) is 0 Å². The van der Waals surface area contributed by atoms with Gasteiger partial charge < -0.3 is 9.73 Å². The molecule has 1 saturated carbocycles. The molecule has 1 aromatic heterocycles. The predicted octanol–water partition coefficient (Wildman–Crippen LogP) is 5.79. The third kappa shape index (κ3) is 4.49. The van der Waals surface area contributed by atoms with Crippen LogP contribution in [0, 0.1) is 22.9 Å². The van der Waals surface area contributed by atoms with Gasteiger partial charge in [-0.2, -0.15) is 0 Å². The quantitative estimate of drug-likeness (QED) is 0.235. The number of sulfonamides is 1. The van der Waals surface area contributed by atoms with E-state index in [9.17, 15) is 27.7 Å². The van der Waals surface area contributed by atoms with Crippen LogP contribution in [0.2, 0.25) is 0 Å². The predicted molar refractivity (Wildman–Crippen MR) is 142 cm³/mol. The van der Waals surface area contributed by atoms with Crippen LogP contribution in [0.5, 0.6) is 0 Å². The third-order valence-electron chi connectivity index (χ3n) is 6.58. The fourth-order valence-electron chi connectivity index (χ4n) is 4.68. The van der Waals surface area contributed by atoms with Crippen molar-refractivity contribution >= 4 is 44.0 Å². The molecule has 0 aliphatic heterocycles. The molecule has 1 heterocycles. The lowest BCUT2D eigenvalue weighted by atomic mass is 10.00. The molecule has 1 aliphatic rings. The number of amides is 1. The van der Waals surface area contributed by atoms with Gasteiger partial charge in [0.1, 0.15) is 17.2 Å². The molecule has 38 heavy (non-hydrogen) atoms. The highest BCUT2D eigenvalue weighted by Gasteiger charge is 2.34. The van der Waals surface area contributed by atoms with Gasteiger partial charge in [-0.15, -0.1) is 0 Å². The summed E-state index contributed by atoms with van der Waals surface area (Å²) in [4.78, 5) is 23.8. The lowest BCUT2D eigenvalue weighted by Crippen LogP contribution is -2.26. The van der Waals surface area contributed by atoms with Gasteiger partial charge >= 0.3 is 0 Å². The fraction of sp³-hybridized carbons (Fsp3) is 0.222. The molecule has 1 fully saturated rings. The minimum absolute atomic E-state index is 0.0690. The van der Waals surface area contributed by atoms with Crippen molar-refractivity contribution in [2.45, 2.75) is 25.7 Å². The van der Waals surface area contributed by atoms with Gasteiger partial charge in [-0.3, -0.25) is 14.9 Å². The van der Waals surface area contributed by atoms with Crippen molar-refractivity contribution in [2.75, 3.05) is 17.6 Å². The van der Waals surface area contributed by atoms with Crippen LogP contribution >= 0.6 is 0 Å². The van der Waals surface area contributed by atoms with Crippen LogP contribution in [-0.4, -0.2) is 32.6 Å². The van der Waals surface area contributed by atoms with E-state index in [1.165, 1.54) is 49.5 Å². The number of nitrogens with one attached hydrogen (secondary N) is 1. The van der Waals surface area contributed by atoms with E-state index < -0.39 is 26.7 Å². The molecule has 1 amide bonds. The highest BCUT2D eigenvalue weighted by molar-refractivity contribution is 7.92. The van der Waals surface area contributed by atoms with Crippen molar-refractivity contribution in [3.05, 3.63) is 87.2 Å². The first-order valence-electron chi connectivity index (χ1n) is 11.8. The molecule has 0 unspecified atom stereocenters. The van der Waals surface area contributed by atoms with E-state index in [0.29, 0.717) is 22.2 Å². The van der Waals surface area contributed by atoms with Gasteiger partial charge in [-0.25, -0.2) is 17.1 Å². The number of benzene rings is 3. The molecule has 0 atom stereocenters. The van der Waals surface area contributed by atoms with Gasteiger partial charge in [0.15, 0.2) is 0 Å². The zero-order chi connectivity index (χ0) is 27.4. The summed E-state index contributed by atoms with van der Waals surface area (Å²) in [6.45, 7) is 1.55. The number of carbonyl (C=O) groups excluding carboxylic acids is 1. The van der Waals surface area contributed by atoms with Crippen LogP contribution in [-0.2, 0) is 10.0 Å². The highest BCUT2D eigenvalue weighted by atomic mass is 32.2. The molecule has 1 aliphatic carbocycles. The number of hydrogen-bond donors (Lipinski definition) is 1. The van der Waals surface area contributed by atoms with Gasteiger partial charge in [0, 0.05) is 35.7 Å². The number of anilines is 2. The molecule has 5 rings (SSSR count). The number of fused-ring (bicyclic) bond motifs is 1. The minimum Gasteiger partial charge on any atom is -0.455 e. The molecule has 0 saturated heterocycles. The summed E-state index contributed by atoms with van der Waals surface area (Å²) in [5.41, 5.74) is 2.53. The number of rotatable bonds is 7. The number of halogens is 1. The van der Waals surface area contributed by atoms with Gasteiger partial charge in [0.25, 0.3) is 11.6 Å². The number of hydrogen-bond acceptors (Lipinski definition) is 6. The van der Waals surface area contributed by atoms with E-state index in [0.717, 1.165) is 29.0 Å². The largest absolute Gasteiger partial charge is 0.455 e. The minimum atomic E-state index is -3.90. The first-order chi connectivity index (χ1) is 18.0. The Morgan fingerprint density at radius 2 is 1.82 bits per heavy atom. The second kappa shape index (κ2) is 9.25. The van der Waals surface area contributed by atoms with E-state index in [4.69, 9.17) is 4.42 Å². The van der Waals surface area contributed by atoms with Crippen LogP contribution in [0.4, 0.5) is 21.5 Å². The van der Waals surface area contributed by atoms with E-state index in [1.54, 1.807) is 19.1 Å². The van der Waals surface area contributed by atoms with Gasteiger partial charge in [0.2, 0.25) is 10.0 Å². The number of nitro groups is 1. The number of carbonyl (C=O) groups is 1. The summed E-state index contributed by atoms with van der Waals surface area (Å²) in [5.74, 6) is -0.537. The first-order valence-corrected chi connectivity index (χ1v) is 13.7. The zero-order valence-electron chi connectivity index (χ0n) is 20.8. The van der Waals surface area contributed by atoms with E-state index in [2.05, 4.69) is 5.32 Å². The maximum atomic E-state index is 13.6. The number of nitro benzene ring substituents is 1. The Morgan fingerprint density at radius 3 is 2.37 bits per heavy atom. The van der Waals surface area contributed by atoms with Crippen LogP contribution in [0.3, 0.4) is 0 Å². The average Bonchev–Trinajstić information content (AvgIpc) is 3.63. The van der Waals surface area contributed by atoms with E-state index in [-0.39, 0.29) is 34.2 Å². The molecular formula is C27H24FN3O6S. The van der Waals surface area contributed by atoms with Gasteiger partial charge in [-0.05, 0) is 73.7 Å². The van der Waals surface area contributed by atoms with Crippen molar-refractivity contribution in [3.63, 3.8) is 0 Å². The molecule has 0 radical (unpaired) electrons. The number of nitrogens with zero attached hydrogens (tertiary/aromatic N) is 2. The molecule has 0 spiro atoms. The monoisotopic (exact) mass is 537 g/mol. The van der Waals surface area contributed by atoms with Crippen LogP contribution in [0.25, 0.3) is 22.3 Å². The zero-order valence-corrected chi connectivity index (χ0v) is 21.6. The standard InChI is InChI=1S/C27H24FN3O6S/c1-15-12-19(10-11-22(15)31(33)34)30(38(3,35)36)23-14-24-21(13-20(23)16-4-5-16)25(27(32)29-2)26(37-24)17-6-8-18(28)9-7-17/h6-14,16H,4-5H2,1-3H3,(H,29,32). The number of furan rings is 1. The Morgan fingerprint density at radius 1 is 1.13 bits per heavy atom.